The van der Waals surface area contributed by atoms with Crippen LogP contribution in [0.1, 0.15) is 68.6 Å². The highest BCUT2D eigenvalue weighted by atomic mass is 19.1. The molecule has 5 heteroatoms. The minimum Gasteiger partial charge on any atom is -0.348 e. The number of rotatable bonds is 3. The zero-order valence-electron chi connectivity index (χ0n) is 16.9. The van der Waals surface area contributed by atoms with E-state index in [9.17, 15) is 9.18 Å². The van der Waals surface area contributed by atoms with E-state index in [2.05, 4.69) is 23.7 Å². The van der Waals surface area contributed by atoms with Crippen LogP contribution in [-0.2, 0) is 13.0 Å². The molecular weight excluding hydrogens is 353 g/mol. The van der Waals surface area contributed by atoms with Crippen LogP contribution in [0.2, 0.25) is 0 Å². The summed E-state index contributed by atoms with van der Waals surface area (Å²) in [5.74, 6) is 1.47. The second-order valence-corrected chi connectivity index (χ2v) is 8.55. The maximum Gasteiger partial charge on any atom is 0.272 e. The van der Waals surface area contributed by atoms with Gasteiger partial charge in [-0.3, -0.25) is 4.79 Å². The molecule has 1 N–H and O–H groups in total. The highest BCUT2D eigenvalue weighted by Gasteiger charge is 2.31. The molecule has 150 valence electrons. The third-order valence-electron chi connectivity index (χ3n) is 6.69. The summed E-state index contributed by atoms with van der Waals surface area (Å²) >= 11 is 0. The highest BCUT2D eigenvalue weighted by Crippen LogP contribution is 2.31. The molecule has 1 amide bonds. The minimum atomic E-state index is -0.278. The van der Waals surface area contributed by atoms with Gasteiger partial charge in [-0.2, -0.15) is 0 Å². The van der Waals surface area contributed by atoms with Gasteiger partial charge in [0.15, 0.2) is 0 Å². The lowest BCUT2D eigenvalue weighted by Gasteiger charge is -2.34. The summed E-state index contributed by atoms with van der Waals surface area (Å²) in [5, 5.41) is 3.27. The summed E-state index contributed by atoms with van der Waals surface area (Å²) in [6, 6.07) is 6.73. The highest BCUT2D eigenvalue weighted by molar-refractivity contribution is 5.94. The molecule has 2 aliphatic rings. The zero-order chi connectivity index (χ0) is 19.7. The smallest absolute Gasteiger partial charge is 0.272 e. The molecule has 1 aromatic heterocycles. The standard InChI is InChI=1S/C23H30FN3O/c1-15-8-6-11-19(16(15)2)25-23(28)21-20-12-4-3-5-13-27(20)22(26-21)17-9-7-10-18(24)14-17/h7,9-10,14-16,19H,3-6,8,11-13H2,1-2H3,(H,25,28). The number of hydrogen-bond acceptors (Lipinski definition) is 2. The molecule has 2 heterocycles. The lowest BCUT2D eigenvalue weighted by molar-refractivity contribution is 0.0885. The summed E-state index contributed by atoms with van der Waals surface area (Å²) in [6.07, 6.45) is 7.53. The van der Waals surface area contributed by atoms with Crippen LogP contribution in [0.15, 0.2) is 24.3 Å². The predicted molar refractivity (Wildman–Crippen MR) is 109 cm³/mol. The molecule has 0 spiro atoms. The Balaban J connectivity index is 1.67. The van der Waals surface area contributed by atoms with Crippen molar-refractivity contribution in [3.63, 3.8) is 0 Å². The Morgan fingerprint density at radius 1 is 1.18 bits per heavy atom. The van der Waals surface area contributed by atoms with Crippen LogP contribution in [0, 0.1) is 17.7 Å². The lowest BCUT2D eigenvalue weighted by Crippen LogP contribution is -2.44. The van der Waals surface area contributed by atoms with Gasteiger partial charge in [-0.1, -0.05) is 45.2 Å². The molecule has 3 unspecified atom stereocenters. The van der Waals surface area contributed by atoms with Gasteiger partial charge in [0.05, 0.1) is 5.69 Å². The predicted octanol–water partition coefficient (Wildman–Crippen LogP) is 4.97. The van der Waals surface area contributed by atoms with E-state index in [4.69, 9.17) is 4.98 Å². The van der Waals surface area contributed by atoms with Crippen molar-refractivity contribution >= 4 is 5.91 Å². The van der Waals surface area contributed by atoms with Crippen LogP contribution in [0.25, 0.3) is 11.4 Å². The molecule has 1 aliphatic carbocycles. The van der Waals surface area contributed by atoms with Gasteiger partial charge in [-0.25, -0.2) is 9.37 Å². The maximum absolute atomic E-state index is 13.8. The van der Waals surface area contributed by atoms with Crippen LogP contribution in [0.5, 0.6) is 0 Å². The Bertz CT molecular complexity index is 860. The van der Waals surface area contributed by atoms with Crippen LogP contribution >= 0.6 is 0 Å². The molecule has 0 radical (unpaired) electrons. The Morgan fingerprint density at radius 2 is 2.04 bits per heavy atom. The topological polar surface area (TPSA) is 46.9 Å². The number of imidazole rings is 1. The number of carbonyl (C=O) groups is 1. The van der Waals surface area contributed by atoms with Crippen LogP contribution < -0.4 is 5.32 Å². The molecule has 28 heavy (non-hydrogen) atoms. The van der Waals surface area contributed by atoms with E-state index in [1.54, 1.807) is 6.07 Å². The first-order valence-electron chi connectivity index (χ1n) is 10.7. The number of amides is 1. The van der Waals surface area contributed by atoms with Crippen molar-refractivity contribution in [2.45, 2.75) is 71.4 Å². The molecule has 4 rings (SSSR count). The van der Waals surface area contributed by atoms with Crippen molar-refractivity contribution in [3.8, 4) is 11.4 Å². The first kappa shape index (κ1) is 19.2. The van der Waals surface area contributed by atoms with Gasteiger partial charge in [-0.15, -0.1) is 0 Å². The van der Waals surface area contributed by atoms with Crippen LogP contribution in [0.4, 0.5) is 4.39 Å². The van der Waals surface area contributed by atoms with Crippen molar-refractivity contribution in [2.75, 3.05) is 0 Å². The maximum atomic E-state index is 13.8. The fraction of sp³-hybridized carbons (Fsp3) is 0.565. The number of halogens is 1. The third-order valence-corrected chi connectivity index (χ3v) is 6.69. The number of carbonyl (C=O) groups excluding carboxylic acids is 1. The molecule has 1 aromatic carbocycles. The second kappa shape index (κ2) is 8.06. The van der Waals surface area contributed by atoms with Crippen molar-refractivity contribution in [2.24, 2.45) is 11.8 Å². The molecular formula is C23H30FN3O. The first-order chi connectivity index (χ1) is 13.5. The van der Waals surface area contributed by atoms with E-state index < -0.39 is 0 Å². The van der Waals surface area contributed by atoms with Gasteiger partial charge in [0.25, 0.3) is 5.91 Å². The summed E-state index contributed by atoms with van der Waals surface area (Å²) in [4.78, 5) is 17.9. The molecule has 1 aliphatic heterocycles. The average Bonchev–Trinajstić information content (AvgIpc) is 2.87. The van der Waals surface area contributed by atoms with E-state index in [1.807, 2.05) is 6.07 Å². The number of nitrogens with one attached hydrogen (secondary N) is 1. The summed E-state index contributed by atoms with van der Waals surface area (Å²) in [6.45, 7) is 5.34. The normalized spacial score (nSPS) is 25.0. The van der Waals surface area contributed by atoms with Gasteiger partial charge >= 0.3 is 0 Å². The fourth-order valence-electron chi connectivity index (χ4n) is 4.77. The number of benzene rings is 1. The molecule has 3 atom stereocenters. The lowest BCUT2D eigenvalue weighted by atomic mass is 9.78. The number of hydrogen-bond donors (Lipinski definition) is 1. The zero-order valence-corrected chi connectivity index (χ0v) is 16.9. The van der Waals surface area contributed by atoms with Gasteiger partial charge < -0.3 is 9.88 Å². The monoisotopic (exact) mass is 383 g/mol. The second-order valence-electron chi connectivity index (χ2n) is 8.55. The van der Waals surface area contributed by atoms with Crippen LogP contribution in [0.3, 0.4) is 0 Å². The minimum absolute atomic E-state index is 0.0701. The molecule has 0 saturated heterocycles. The van der Waals surface area contributed by atoms with Gasteiger partial charge in [0.2, 0.25) is 0 Å². The van der Waals surface area contributed by atoms with Gasteiger partial charge in [0, 0.05) is 18.2 Å². The SMILES string of the molecule is CC1CCCC(NC(=O)c2nc(-c3cccc(F)c3)n3c2CCCCC3)C1C. The number of fused-ring (bicyclic) bond motifs is 1. The summed E-state index contributed by atoms with van der Waals surface area (Å²) in [7, 11) is 0. The van der Waals surface area contributed by atoms with Crippen LogP contribution in [-0.4, -0.2) is 21.5 Å². The van der Waals surface area contributed by atoms with E-state index in [0.717, 1.165) is 56.3 Å². The average molecular weight is 384 g/mol. The van der Waals surface area contributed by atoms with E-state index in [1.165, 1.54) is 18.6 Å². The van der Waals surface area contributed by atoms with Gasteiger partial charge in [0.1, 0.15) is 17.3 Å². The quantitative estimate of drug-likeness (QED) is 0.813. The first-order valence-corrected chi connectivity index (χ1v) is 10.7. The number of nitrogens with zero attached hydrogens (tertiary/aromatic N) is 2. The Labute approximate surface area is 166 Å². The summed E-state index contributed by atoms with van der Waals surface area (Å²) in [5.41, 5.74) is 2.28. The Kier molecular flexibility index (Phi) is 5.51. The molecule has 4 nitrogen and oxygen atoms in total. The Hall–Kier alpha value is -2.17. The van der Waals surface area contributed by atoms with Crippen molar-refractivity contribution < 1.29 is 9.18 Å². The van der Waals surface area contributed by atoms with Crippen molar-refractivity contribution in [1.29, 1.82) is 0 Å². The Morgan fingerprint density at radius 3 is 2.86 bits per heavy atom. The fourth-order valence-corrected chi connectivity index (χ4v) is 4.77. The largest absolute Gasteiger partial charge is 0.348 e. The molecule has 2 aromatic rings. The van der Waals surface area contributed by atoms with Crippen molar-refractivity contribution in [1.82, 2.24) is 14.9 Å². The van der Waals surface area contributed by atoms with E-state index >= 15 is 0 Å². The molecule has 0 bridgehead atoms. The summed E-state index contributed by atoms with van der Waals surface area (Å²) < 4.78 is 15.9. The van der Waals surface area contributed by atoms with E-state index in [-0.39, 0.29) is 17.8 Å². The molecule has 1 saturated carbocycles. The van der Waals surface area contributed by atoms with Crippen molar-refractivity contribution in [3.05, 3.63) is 41.5 Å². The molecule has 1 fully saturated rings. The van der Waals surface area contributed by atoms with E-state index in [0.29, 0.717) is 23.4 Å². The number of aromatic nitrogens is 2. The van der Waals surface area contributed by atoms with Gasteiger partial charge in [-0.05, 0) is 49.7 Å². The third kappa shape index (κ3) is 3.71.